The highest BCUT2D eigenvalue weighted by atomic mass is 35.5. The number of carbonyl (C=O) groups excluding carboxylic acids is 1. The number of carboxylic acid groups (broad SMARTS) is 1. The van der Waals surface area contributed by atoms with Crippen molar-refractivity contribution in [3.8, 4) is 0 Å². The number of unbranched alkanes of at least 4 members (excludes halogenated alkanes) is 1. The molecule has 24 heavy (non-hydrogen) atoms. The van der Waals surface area contributed by atoms with Gasteiger partial charge in [0.25, 0.3) is 0 Å². The lowest BCUT2D eigenvalue weighted by atomic mass is 10.1. The van der Waals surface area contributed by atoms with Crippen LogP contribution in [0.4, 0.5) is 0 Å². The van der Waals surface area contributed by atoms with E-state index in [1.54, 1.807) is 12.1 Å². The van der Waals surface area contributed by atoms with E-state index in [1.807, 2.05) is 6.92 Å². The molecule has 9 heteroatoms. The molecule has 1 unspecified atom stereocenters. The van der Waals surface area contributed by atoms with E-state index in [4.69, 9.17) is 11.5 Å². The predicted molar refractivity (Wildman–Crippen MR) is 92.4 cm³/mol. The fourth-order valence-electron chi connectivity index (χ4n) is 1.82. The van der Waals surface area contributed by atoms with Crippen molar-refractivity contribution in [3.05, 3.63) is 29.8 Å². The minimum Gasteiger partial charge on any atom is -0.479 e. The van der Waals surface area contributed by atoms with Crippen LogP contribution < -0.4 is 11.5 Å². The van der Waals surface area contributed by atoms with Gasteiger partial charge in [0.05, 0.1) is 4.90 Å². The molecule has 0 bridgehead atoms. The summed E-state index contributed by atoms with van der Waals surface area (Å²) in [4.78, 5) is 18.2. The van der Waals surface area contributed by atoms with Gasteiger partial charge in [0, 0.05) is 6.92 Å². The number of aliphatic carboxylic acids is 1. The summed E-state index contributed by atoms with van der Waals surface area (Å²) < 4.78 is 24.9. The van der Waals surface area contributed by atoms with Gasteiger partial charge in [-0.05, 0) is 56.5 Å². The quantitative estimate of drug-likeness (QED) is 0.481. The third-order valence-corrected chi connectivity index (χ3v) is 5.41. The van der Waals surface area contributed by atoms with Crippen LogP contribution in [-0.4, -0.2) is 36.2 Å². The molecule has 1 rings (SSSR count). The SMILES string of the molecule is CC(=O)Cl.Cc1ccc(S(=O)(=O)C(N)(CCCCN)C(=O)O)cc1. The normalized spacial score (nSPS) is 13.4. The molecule has 0 saturated heterocycles. The van der Waals surface area contributed by atoms with Crippen LogP contribution in [0.3, 0.4) is 0 Å². The Kier molecular flexibility index (Phi) is 9.13. The maximum absolute atomic E-state index is 12.5. The Balaban J connectivity index is 0.00000118. The van der Waals surface area contributed by atoms with Crippen molar-refractivity contribution < 1.29 is 23.1 Å². The van der Waals surface area contributed by atoms with Gasteiger partial charge in [-0.1, -0.05) is 17.7 Å². The highest BCUT2D eigenvalue weighted by molar-refractivity contribution is 7.93. The number of hydrogen-bond acceptors (Lipinski definition) is 6. The Labute approximate surface area is 146 Å². The monoisotopic (exact) mass is 378 g/mol. The van der Waals surface area contributed by atoms with Crippen LogP contribution in [0.1, 0.15) is 31.7 Å². The lowest BCUT2D eigenvalue weighted by Gasteiger charge is -2.24. The third kappa shape index (κ3) is 6.20. The van der Waals surface area contributed by atoms with E-state index in [9.17, 15) is 23.1 Å². The molecule has 0 radical (unpaired) electrons. The summed E-state index contributed by atoms with van der Waals surface area (Å²) in [5.41, 5.74) is 11.9. The molecular formula is C15H23ClN2O5S. The number of nitrogens with two attached hydrogens (primary N) is 2. The highest BCUT2D eigenvalue weighted by Crippen LogP contribution is 2.27. The van der Waals surface area contributed by atoms with Crippen molar-refractivity contribution >= 4 is 32.6 Å². The minimum atomic E-state index is -4.16. The van der Waals surface area contributed by atoms with Gasteiger partial charge >= 0.3 is 5.97 Å². The van der Waals surface area contributed by atoms with Crippen molar-refractivity contribution in [1.29, 1.82) is 0 Å². The van der Waals surface area contributed by atoms with E-state index in [1.165, 1.54) is 19.1 Å². The Morgan fingerprint density at radius 2 is 1.67 bits per heavy atom. The number of carboxylic acids is 1. The fraction of sp³-hybridized carbons (Fsp3) is 0.467. The van der Waals surface area contributed by atoms with Gasteiger partial charge < -0.3 is 16.6 Å². The second kappa shape index (κ2) is 9.73. The molecule has 0 aliphatic carbocycles. The molecule has 1 aromatic rings. The number of carbonyl (C=O) groups is 2. The van der Waals surface area contributed by atoms with E-state index in [0.29, 0.717) is 19.4 Å². The van der Waals surface area contributed by atoms with Gasteiger partial charge in [-0.2, -0.15) is 0 Å². The summed E-state index contributed by atoms with van der Waals surface area (Å²) in [7, 11) is -4.16. The molecule has 0 aromatic heterocycles. The molecule has 0 saturated carbocycles. The first-order valence-electron chi connectivity index (χ1n) is 7.18. The zero-order valence-electron chi connectivity index (χ0n) is 13.7. The topological polar surface area (TPSA) is 141 Å². The van der Waals surface area contributed by atoms with Crippen LogP contribution in [0, 0.1) is 6.92 Å². The first kappa shape index (κ1) is 22.5. The minimum absolute atomic E-state index is 0.0826. The van der Waals surface area contributed by atoms with Gasteiger partial charge in [0.2, 0.25) is 20.0 Å². The summed E-state index contributed by atoms with van der Waals surface area (Å²) >= 11 is 4.64. The van der Waals surface area contributed by atoms with Crippen LogP contribution in [0.25, 0.3) is 0 Å². The number of aryl methyl sites for hydroxylation is 1. The average Bonchev–Trinajstić information content (AvgIpc) is 2.46. The molecule has 0 spiro atoms. The first-order chi connectivity index (χ1) is 11.0. The van der Waals surface area contributed by atoms with Gasteiger partial charge in [0.15, 0.2) is 0 Å². The largest absolute Gasteiger partial charge is 0.479 e. The number of rotatable bonds is 7. The lowest BCUT2D eigenvalue weighted by molar-refractivity contribution is -0.140. The standard InChI is InChI=1S/C13H20N2O4S.C2H3ClO/c1-10-4-6-11(7-5-10)20(18,19)13(15,12(16)17)8-2-3-9-14;1-2(3)4/h4-7H,2-3,8-9,14-15H2,1H3,(H,16,17);1H3. The van der Waals surface area contributed by atoms with Crippen molar-refractivity contribution in [1.82, 2.24) is 0 Å². The van der Waals surface area contributed by atoms with Crippen LogP contribution in [0.5, 0.6) is 0 Å². The summed E-state index contributed by atoms with van der Waals surface area (Å²) in [6.07, 6.45) is 0.690. The van der Waals surface area contributed by atoms with Gasteiger partial charge in [-0.15, -0.1) is 0 Å². The Bertz CT molecular complexity index is 657. The van der Waals surface area contributed by atoms with Gasteiger partial charge in [0.1, 0.15) is 0 Å². The van der Waals surface area contributed by atoms with Crippen molar-refractivity contribution in [2.75, 3.05) is 6.54 Å². The molecule has 1 atom stereocenters. The average molecular weight is 379 g/mol. The highest BCUT2D eigenvalue weighted by Gasteiger charge is 2.47. The molecule has 7 nitrogen and oxygen atoms in total. The lowest BCUT2D eigenvalue weighted by Crippen LogP contribution is -2.54. The maximum atomic E-state index is 12.5. The van der Waals surface area contributed by atoms with E-state index in [0.717, 1.165) is 5.56 Å². The summed E-state index contributed by atoms with van der Waals surface area (Å²) in [5, 5.41) is 8.89. The molecule has 1 aromatic carbocycles. The molecule has 0 amide bonds. The zero-order chi connectivity index (χ0) is 19.0. The number of halogens is 1. The van der Waals surface area contributed by atoms with Crippen molar-refractivity contribution in [3.63, 3.8) is 0 Å². The zero-order valence-corrected chi connectivity index (χ0v) is 15.2. The molecule has 0 heterocycles. The molecular weight excluding hydrogens is 356 g/mol. The number of hydrogen-bond donors (Lipinski definition) is 3. The van der Waals surface area contributed by atoms with E-state index < -0.39 is 20.7 Å². The van der Waals surface area contributed by atoms with E-state index >= 15 is 0 Å². The molecule has 136 valence electrons. The van der Waals surface area contributed by atoms with E-state index in [2.05, 4.69) is 11.6 Å². The molecule has 0 aliphatic heterocycles. The Morgan fingerprint density at radius 1 is 1.21 bits per heavy atom. The van der Waals surface area contributed by atoms with Crippen LogP contribution in [0.2, 0.25) is 0 Å². The van der Waals surface area contributed by atoms with Crippen molar-refractivity contribution in [2.24, 2.45) is 11.5 Å². The summed E-state index contributed by atoms with van der Waals surface area (Å²) in [6, 6.07) is 5.96. The molecule has 5 N–H and O–H groups in total. The predicted octanol–water partition coefficient (Wildman–Crippen LogP) is 1.41. The summed E-state index contributed by atoms with van der Waals surface area (Å²) in [5.74, 6) is -1.55. The maximum Gasteiger partial charge on any atom is 0.339 e. The summed E-state index contributed by atoms with van der Waals surface area (Å²) in [6.45, 7) is 3.46. The van der Waals surface area contributed by atoms with Gasteiger partial charge in [-0.3, -0.25) is 4.79 Å². The smallest absolute Gasteiger partial charge is 0.339 e. The van der Waals surface area contributed by atoms with Crippen LogP contribution >= 0.6 is 11.6 Å². The Morgan fingerprint density at radius 3 is 2.04 bits per heavy atom. The first-order valence-corrected chi connectivity index (χ1v) is 9.05. The third-order valence-electron chi connectivity index (χ3n) is 3.18. The van der Waals surface area contributed by atoms with Crippen molar-refractivity contribution in [2.45, 2.75) is 42.9 Å². The van der Waals surface area contributed by atoms with Crippen LogP contribution in [0.15, 0.2) is 29.2 Å². The fourth-order valence-corrected chi connectivity index (χ4v) is 3.37. The number of benzene rings is 1. The van der Waals surface area contributed by atoms with E-state index in [-0.39, 0.29) is 16.6 Å². The molecule has 0 fully saturated rings. The van der Waals surface area contributed by atoms with Crippen LogP contribution in [-0.2, 0) is 19.4 Å². The second-order valence-electron chi connectivity index (χ2n) is 5.23. The second-order valence-corrected chi connectivity index (χ2v) is 7.97. The van der Waals surface area contributed by atoms with Gasteiger partial charge in [-0.25, -0.2) is 13.2 Å². The Hall–Kier alpha value is -1.48. The number of sulfone groups is 1. The molecule has 0 aliphatic rings.